The topological polar surface area (TPSA) is 206 Å². The molecule has 2 aromatic rings. The molecule has 238 valence electrons. The van der Waals surface area contributed by atoms with Crippen LogP contribution in [0.25, 0.3) is 0 Å². The van der Waals surface area contributed by atoms with Gasteiger partial charge in [0, 0.05) is 38.1 Å². The number of ketones is 1. The highest BCUT2D eigenvalue weighted by Gasteiger charge is 2.48. The van der Waals surface area contributed by atoms with Gasteiger partial charge in [-0.05, 0) is 80.4 Å². The van der Waals surface area contributed by atoms with Crippen molar-refractivity contribution >= 4 is 41.1 Å². The summed E-state index contributed by atoms with van der Waals surface area (Å²) >= 11 is 0. The summed E-state index contributed by atoms with van der Waals surface area (Å²) in [5, 5.41) is 19.5. The third kappa shape index (κ3) is 7.27. The van der Waals surface area contributed by atoms with Crippen LogP contribution in [0.5, 0.6) is 0 Å². The second-order valence-electron chi connectivity index (χ2n) is 12.2. The molecule has 4 aliphatic carbocycles. The third-order valence-electron chi connectivity index (χ3n) is 9.16. The fraction of sp³-hybridized carbons (Fsp3) is 0.484. The minimum atomic E-state index is -1.40. The van der Waals surface area contributed by atoms with Gasteiger partial charge in [0.05, 0.1) is 11.1 Å². The smallest absolute Gasteiger partial charge is 0.337 e. The van der Waals surface area contributed by atoms with E-state index in [4.69, 9.17) is 0 Å². The van der Waals surface area contributed by atoms with Crippen LogP contribution >= 0.6 is 0 Å². The number of rotatable bonds is 12. The minimum absolute atomic E-state index is 0.108. The molecule has 14 heteroatoms. The highest BCUT2D eigenvalue weighted by molar-refractivity contribution is 6.36. The van der Waals surface area contributed by atoms with Gasteiger partial charge in [-0.25, -0.2) is 4.79 Å². The second-order valence-corrected chi connectivity index (χ2v) is 12.2. The lowest BCUT2D eigenvalue weighted by molar-refractivity contribution is -0.137. The molecule has 5 N–H and O–H groups in total. The van der Waals surface area contributed by atoms with Crippen LogP contribution < -0.4 is 26.8 Å². The van der Waals surface area contributed by atoms with E-state index in [1.54, 1.807) is 0 Å². The monoisotopic (exact) mass is 620 g/mol. The fourth-order valence-corrected chi connectivity index (χ4v) is 7.24. The lowest BCUT2D eigenvalue weighted by Crippen LogP contribution is -2.56. The van der Waals surface area contributed by atoms with Gasteiger partial charge in [-0.2, -0.15) is 0 Å². The van der Waals surface area contributed by atoms with Crippen LogP contribution in [-0.2, 0) is 25.7 Å². The van der Waals surface area contributed by atoms with Crippen molar-refractivity contribution in [3.05, 3.63) is 58.3 Å². The van der Waals surface area contributed by atoms with Gasteiger partial charge in [-0.15, -0.1) is 0 Å². The number of aromatic carboxylic acids is 1. The van der Waals surface area contributed by atoms with Gasteiger partial charge >= 0.3 is 5.97 Å². The van der Waals surface area contributed by atoms with E-state index in [2.05, 4.69) is 26.3 Å². The van der Waals surface area contributed by atoms with E-state index in [-0.39, 0.29) is 41.7 Å². The molecule has 0 saturated heterocycles. The van der Waals surface area contributed by atoms with Crippen LogP contribution in [0.1, 0.15) is 65.7 Å². The van der Waals surface area contributed by atoms with Crippen molar-refractivity contribution < 1.29 is 33.9 Å². The number of aromatic nitrogens is 2. The number of pyridine rings is 2. The molecule has 14 nitrogen and oxygen atoms in total. The zero-order chi connectivity index (χ0) is 32.2. The summed E-state index contributed by atoms with van der Waals surface area (Å²) in [6.45, 7) is -0.237. The van der Waals surface area contributed by atoms with E-state index >= 15 is 0 Å². The van der Waals surface area contributed by atoms with Gasteiger partial charge < -0.3 is 30.9 Å². The Kier molecular flexibility index (Phi) is 9.40. The molecule has 4 aliphatic rings. The molecule has 0 spiro atoms. The Balaban J connectivity index is 1.26. The third-order valence-corrected chi connectivity index (χ3v) is 9.16. The first-order valence-electron chi connectivity index (χ1n) is 15.1. The number of nitrogens with one attached hydrogen (secondary N) is 4. The molecule has 6 rings (SSSR count). The summed E-state index contributed by atoms with van der Waals surface area (Å²) in [5.41, 5.74) is -1.21. The molecule has 2 aromatic heterocycles. The average Bonchev–Trinajstić information content (AvgIpc) is 3.01. The van der Waals surface area contributed by atoms with Gasteiger partial charge in [-0.1, -0.05) is 0 Å². The predicted molar refractivity (Wildman–Crippen MR) is 159 cm³/mol. The number of amides is 4. The highest BCUT2D eigenvalue weighted by atomic mass is 16.4. The number of hydrogen-bond acceptors (Lipinski definition) is 8. The Morgan fingerprint density at radius 3 is 2.31 bits per heavy atom. The maximum Gasteiger partial charge on any atom is 0.337 e. The maximum absolute atomic E-state index is 13.3. The van der Waals surface area contributed by atoms with Gasteiger partial charge in [-0.3, -0.25) is 33.8 Å². The molecule has 4 bridgehead atoms. The van der Waals surface area contributed by atoms with Gasteiger partial charge in [0.1, 0.15) is 18.3 Å². The molecular formula is C31H36N6O8. The van der Waals surface area contributed by atoms with Crippen molar-refractivity contribution in [2.75, 3.05) is 12.4 Å². The SMILES string of the molecule is CNC(=O)C(=O)CC[C@H](NC(=O)c1cncc(C(=O)O)c1)C(=O)Nc1cccn(CC(=O)NC2C3CC4CC(C3)CC2C4)c1=O. The Morgan fingerprint density at radius 1 is 1.00 bits per heavy atom. The summed E-state index contributed by atoms with van der Waals surface area (Å²) in [7, 11) is 1.28. The van der Waals surface area contributed by atoms with Crippen LogP contribution in [-0.4, -0.2) is 69.2 Å². The number of nitrogens with zero attached hydrogens (tertiary/aromatic N) is 2. The molecule has 2 heterocycles. The molecule has 1 atom stereocenters. The predicted octanol–water partition coefficient (Wildman–Crippen LogP) is 0.715. The molecule has 0 radical (unpaired) electrons. The summed E-state index contributed by atoms with van der Waals surface area (Å²) in [5.74, 6) is -2.56. The van der Waals surface area contributed by atoms with E-state index in [0.717, 1.165) is 56.0 Å². The van der Waals surface area contributed by atoms with Crippen LogP contribution in [0.4, 0.5) is 5.69 Å². The van der Waals surface area contributed by atoms with E-state index < -0.39 is 47.5 Å². The molecular weight excluding hydrogens is 584 g/mol. The number of anilines is 1. The fourth-order valence-electron chi connectivity index (χ4n) is 7.24. The average molecular weight is 621 g/mol. The van der Waals surface area contributed by atoms with Crippen LogP contribution in [0.2, 0.25) is 0 Å². The van der Waals surface area contributed by atoms with Gasteiger partial charge in [0.2, 0.25) is 17.6 Å². The number of carboxylic acids is 1. The van der Waals surface area contributed by atoms with Crippen molar-refractivity contribution in [1.82, 2.24) is 25.5 Å². The van der Waals surface area contributed by atoms with Crippen LogP contribution in [0.3, 0.4) is 0 Å². The Hall–Kier alpha value is -4.88. The van der Waals surface area contributed by atoms with Crippen molar-refractivity contribution in [3.8, 4) is 0 Å². The van der Waals surface area contributed by atoms with E-state index in [0.29, 0.717) is 11.8 Å². The highest BCUT2D eigenvalue weighted by Crippen LogP contribution is 2.53. The summed E-state index contributed by atoms with van der Waals surface area (Å²) in [6.07, 6.45) is 8.72. The largest absolute Gasteiger partial charge is 0.478 e. The minimum Gasteiger partial charge on any atom is -0.478 e. The lowest BCUT2D eigenvalue weighted by Gasteiger charge is -2.54. The Bertz CT molecular complexity index is 1560. The molecule has 0 aliphatic heterocycles. The van der Waals surface area contributed by atoms with Crippen molar-refractivity contribution in [3.63, 3.8) is 0 Å². The van der Waals surface area contributed by atoms with E-state index in [1.165, 1.54) is 36.4 Å². The first kappa shape index (κ1) is 31.5. The first-order valence-corrected chi connectivity index (χ1v) is 15.1. The zero-order valence-corrected chi connectivity index (χ0v) is 24.8. The summed E-state index contributed by atoms with van der Waals surface area (Å²) in [4.78, 5) is 91.4. The summed E-state index contributed by atoms with van der Waals surface area (Å²) < 4.78 is 1.19. The number of carboxylic acid groups (broad SMARTS) is 1. The number of Topliss-reactive ketones (excluding diaryl/α,β-unsaturated/α-hetero) is 1. The number of hydrogen-bond donors (Lipinski definition) is 5. The second kappa shape index (κ2) is 13.4. The maximum atomic E-state index is 13.3. The number of likely N-dealkylation sites (N-methyl/N-ethyl adjacent to an activating group) is 1. The van der Waals surface area contributed by atoms with Crippen LogP contribution in [0, 0.1) is 23.7 Å². The normalized spacial score (nSPS) is 23.4. The molecule has 4 fully saturated rings. The van der Waals surface area contributed by atoms with Gasteiger partial charge in [0.15, 0.2) is 0 Å². The number of carbonyl (C=O) groups excluding carboxylic acids is 5. The molecule has 4 amide bonds. The Morgan fingerprint density at radius 2 is 1.67 bits per heavy atom. The lowest BCUT2D eigenvalue weighted by atomic mass is 9.54. The zero-order valence-electron chi connectivity index (χ0n) is 24.8. The van der Waals surface area contributed by atoms with E-state index in [1.807, 2.05) is 0 Å². The van der Waals surface area contributed by atoms with Gasteiger partial charge in [0.25, 0.3) is 17.4 Å². The first-order chi connectivity index (χ1) is 21.5. The number of carbonyl (C=O) groups is 6. The van der Waals surface area contributed by atoms with Crippen molar-refractivity contribution in [1.29, 1.82) is 0 Å². The molecule has 0 unspecified atom stereocenters. The van der Waals surface area contributed by atoms with Crippen LogP contribution in [0.15, 0.2) is 41.6 Å². The summed E-state index contributed by atoms with van der Waals surface area (Å²) in [6, 6.07) is 2.63. The van der Waals surface area contributed by atoms with Crippen molar-refractivity contribution in [2.45, 2.75) is 63.6 Å². The standard InChI is InChI=1S/C31H36N6O8/c1-32-29(42)24(38)5-4-22(34-27(40)20-12-21(31(44)45)14-33-13-20)28(41)35-23-3-2-6-37(30(23)43)15-25(39)36-26-18-8-16-7-17(10-18)11-19(26)9-16/h2-3,6,12-14,16-19,22,26H,4-5,7-11,15H2,1H3,(H,32,42)(H,34,40)(H,35,41)(H,36,39)(H,44,45)/t16?,17?,18?,19?,22-,26?/m0/s1. The van der Waals surface area contributed by atoms with Crippen molar-refractivity contribution in [2.24, 2.45) is 23.7 Å². The quantitative estimate of drug-likeness (QED) is 0.212. The molecule has 0 aromatic carbocycles. The molecule has 45 heavy (non-hydrogen) atoms. The van der Waals surface area contributed by atoms with E-state index in [9.17, 15) is 38.7 Å². The molecule has 4 saturated carbocycles. The Labute approximate surface area is 258 Å².